The normalized spacial score (nSPS) is 27.1. The number of oxazole rings is 1. The van der Waals surface area contributed by atoms with Gasteiger partial charge in [-0.05, 0) is 25.3 Å². The number of nitrogens with one attached hydrogen (secondary N) is 1. The van der Waals surface area contributed by atoms with Crippen molar-refractivity contribution in [3.8, 4) is 0 Å². The number of rotatable bonds is 1. The maximum atomic E-state index is 13.1. The standard InChI is InChI=1S/C28H35N3O7.C4H8O2/c1-17(2)26-19(4)9-10-24(34)29-11-5-7-18(3)13-20(32)14-21(33)15-25-30-22(16-37-25)27(35)31-12-6-8-23(31)28(36)38-26;1-2-6-4-3-5-1/h5,7-10,13,16-17,19-20,26,32H,6,11-12,14-15H2,1-4H3,(H,29,34);1-4H2/b7-5+,10-9+,18-13+;/t19-,20-,26+;/m1./s1. The van der Waals surface area contributed by atoms with Gasteiger partial charge in [0.1, 0.15) is 23.8 Å². The number of hydrogen-bond acceptors (Lipinski definition) is 10. The minimum Gasteiger partial charge on any atom is -0.457 e. The molecule has 4 heterocycles. The van der Waals surface area contributed by atoms with E-state index in [2.05, 4.69) is 10.3 Å². The molecule has 3 aliphatic rings. The van der Waals surface area contributed by atoms with Crippen LogP contribution in [0.25, 0.3) is 0 Å². The molecule has 1 aromatic rings. The first kappa shape index (κ1) is 34.6. The molecule has 240 valence electrons. The molecule has 0 aromatic carbocycles. The highest BCUT2D eigenvalue weighted by atomic mass is 16.6. The summed E-state index contributed by atoms with van der Waals surface area (Å²) < 4.78 is 21.0. The van der Waals surface area contributed by atoms with Gasteiger partial charge in [-0.1, -0.05) is 56.7 Å². The number of amides is 2. The molecule has 2 N–H and O–H groups in total. The number of fused-ring (bicyclic) bond motifs is 3. The lowest BCUT2D eigenvalue weighted by Gasteiger charge is -2.27. The van der Waals surface area contributed by atoms with Crippen LogP contribution in [-0.4, -0.2) is 90.3 Å². The number of nitrogens with zero attached hydrogens (tertiary/aromatic N) is 2. The van der Waals surface area contributed by atoms with Crippen LogP contribution in [0.3, 0.4) is 0 Å². The molecule has 2 amide bonds. The zero-order chi connectivity index (χ0) is 32.1. The summed E-state index contributed by atoms with van der Waals surface area (Å²) in [7, 11) is 0. The van der Waals surface area contributed by atoms with E-state index >= 15 is 0 Å². The molecule has 4 rings (SSSR count). The Hall–Kier alpha value is -3.87. The van der Waals surface area contributed by atoms with Crippen molar-refractivity contribution in [1.82, 2.24) is 15.2 Å². The molecule has 3 aliphatic heterocycles. The molecule has 0 aliphatic carbocycles. The summed E-state index contributed by atoms with van der Waals surface area (Å²) in [5, 5.41) is 13.0. The average Bonchev–Trinajstić information content (AvgIpc) is 3.67. The number of aliphatic hydroxyl groups is 1. The summed E-state index contributed by atoms with van der Waals surface area (Å²) in [4.78, 5) is 56.3. The predicted molar refractivity (Wildman–Crippen MR) is 160 cm³/mol. The zero-order valence-electron chi connectivity index (χ0n) is 25.8. The van der Waals surface area contributed by atoms with Gasteiger partial charge in [0.2, 0.25) is 11.8 Å². The van der Waals surface area contributed by atoms with Gasteiger partial charge in [-0.3, -0.25) is 14.4 Å². The Bertz CT molecular complexity index is 1260. The lowest BCUT2D eigenvalue weighted by Crippen LogP contribution is -2.36. The number of esters is 1. The number of aromatic nitrogens is 1. The van der Waals surface area contributed by atoms with Crippen molar-refractivity contribution in [1.29, 1.82) is 0 Å². The molecule has 3 atom stereocenters. The Balaban J connectivity index is 0.000000785. The molecule has 0 spiro atoms. The van der Waals surface area contributed by atoms with Crippen LogP contribution in [-0.2, 0) is 35.0 Å². The van der Waals surface area contributed by atoms with Crippen molar-refractivity contribution in [3.63, 3.8) is 0 Å². The van der Waals surface area contributed by atoms with Gasteiger partial charge in [0.15, 0.2) is 5.69 Å². The van der Waals surface area contributed by atoms with E-state index < -0.39 is 24.1 Å². The molecule has 12 nitrogen and oxygen atoms in total. The second-order valence-electron chi connectivity index (χ2n) is 11.1. The molecule has 12 heteroatoms. The fourth-order valence-electron chi connectivity index (χ4n) is 4.77. The summed E-state index contributed by atoms with van der Waals surface area (Å²) in [6.07, 6.45) is 9.48. The molecule has 0 unspecified atom stereocenters. The van der Waals surface area contributed by atoms with E-state index in [1.807, 2.05) is 20.8 Å². The van der Waals surface area contributed by atoms with Crippen molar-refractivity contribution >= 4 is 23.6 Å². The topological polar surface area (TPSA) is 158 Å². The maximum absolute atomic E-state index is 13.1. The third-order valence-electron chi connectivity index (χ3n) is 6.94. The lowest BCUT2D eigenvalue weighted by atomic mass is 9.94. The maximum Gasteiger partial charge on any atom is 0.355 e. The SMILES string of the molecule is C1COCCO1.CC1=C\[C@@H](O)CC(=O)Cc2nc(co2)C(=O)N2CCC=C2C(=O)O[C@@H](C(C)C)[C@H](C)/C=C/C(=O)NC\C=C\1. The van der Waals surface area contributed by atoms with Gasteiger partial charge in [-0.2, -0.15) is 0 Å². The molecule has 1 fully saturated rings. The molecule has 2 bridgehead atoms. The van der Waals surface area contributed by atoms with Gasteiger partial charge in [0, 0.05) is 25.4 Å². The van der Waals surface area contributed by atoms with E-state index in [1.165, 1.54) is 11.0 Å². The second kappa shape index (κ2) is 17.4. The largest absolute Gasteiger partial charge is 0.457 e. The van der Waals surface area contributed by atoms with Gasteiger partial charge in [0.05, 0.1) is 39.0 Å². The molecular formula is C32H43N3O9. The third-order valence-corrected chi connectivity index (χ3v) is 6.94. The lowest BCUT2D eigenvalue weighted by molar-refractivity contribution is -0.149. The van der Waals surface area contributed by atoms with Crippen molar-refractivity contribution in [2.24, 2.45) is 11.8 Å². The van der Waals surface area contributed by atoms with E-state index in [-0.39, 0.29) is 66.7 Å². The number of Topliss-reactive ketones (excluding diaryl/α,β-unsaturated/α-hetero) is 1. The zero-order valence-corrected chi connectivity index (χ0v) is 25.8. The minimum absolute atomic E-state index is 0.0315. The fraction of sp³-hybridized carbons (Fsp3) is 0.531. The Kier molecular flexibility index (Phi) is 13.7. The first-order valence-corrected chi connectivity index (χ1v) is 14.9. The number of hydrogen-bond donors (Lipinski definition) is 2. The highest BCUT2D eigenvalue weighted by Gasteiger charge is 2.33. The van der Waals surface area contributed by atoms with E-state index in [4.69, 9.17) is 18.6 Å². The Morgan fingerprint density at radius 1 is 1.07 bits per heavy atom. The van der Waals surface area contributed by atoms with Crippen molar-refractivity contribution in [3.05, 3.63) is 65.6 Å². The number of cyclic esters (lactones) is 1. The quantitative estimate of drug-likeness (QED) is 0.451. The van der Waals surface area contributed by atoms with E-state index in [9.17, 15) is 24.3 Å². The summed E-state index contributed by atoms with van der Waals surface area (Å²) in [6.45, 7) is 11.1. The number of allylic oxidation sites excluding steroid dienone is 2. The summed E-state index contributed by atoms with van der Waals surface area (Å²) in [5.41, 5.74) is 0.809. The third kappa shape index (κ3) is 11.0. The van der Waals surface area contributed by atoms with Crippen molar-refractivity contribution < 1.29 is 42.9 Å². The van der Waals surface area contributed by atoms with Crippen LogP contribution in [0, 0.1) is 11.8 Å². The Labute approximate surface area is 257 Å². The Morgan fingerprint density at radius 2 is 1.77 bits per heavy atom. The smallest absolute Gasteiger partial charge is 0.355 e. The van der Waals surface area contributed by atoms with Gasteiger partial charge in [-0.15, -0.1) is 0 Å². The summed E-state index contributed by atoms with van der Waals surface area (Å²) in [6, 6.07) is 0. The average molecular weight is 614 g/mol. The van der Waals surface area contributed by atoms with E-state index in [0.717, 1.165) is 38.3 Å². The van der Waals surface area contributed by atoms with Crippen LogP contribution in [0.5, 0.6) is 0 Å². The molecule has 0 saturated carbocycles. The number of carbonyl (C=O) groups is 4. The van der Waals surface area contributed by atoms with Crippen LogP contribution in [0.2, 0.25) is 0 Å². The molecule has 44 heavy (non-hydrogen) atoms. The number of ketones is 1. The molecule has 1 aromatic heterocycles. The van der Waals surface area contributed by atoms with E-state index in [1.54, 1.807) is 37.3 Å². The van der Waals surface area contributed by atoms with Crippen LogP contribution >= 0.6 is 0 Å². The van der Waals surface area contributed by atoms with Crippen LogP contribution in [0.15, 0.2) is 58.4 Å². The molecule has 0 radical (unpaired) electrons. The second-order valence-corrected chi connectivity index (χ2v) is 11.1. The van der Waals surface area contributed by atoms with Gasteiger partial charge in [0.25, 0.3) is 5.91 Å². The van der Waals surface area contributed by atoms with Gasteiger partial charge < -0.3 is 34.0 Å². The number of ether oxygens (including phenoxy) is 3. The fourth-order valence-corrected chi connectivity index (χ4v) is 4.77. The summed E-state index contributed by atoms with van der Waals surface area (Å²) >= 11 is 0. The van der Waals surface area contributed by atoms with Crippen LogP contribution in [0.1, 0.15) is 56.9 Å². The molecule has 1 saturated heterocycles. The van der Waals surface area contributed by atoms with Crippen LogP contribution in [0.4, 0.5) is 0 Å². The number of carbonyl (C=O) groups excluding carboxylic acids is 4. The molecular weight excluding hydrogens is 570 g/mol. The Morgan fingerprint density at radius 3 is 2.43 bits per heavy atom. The first-order valence-electron chi connectivity index (χ1n) is 14.9. The van der Waals surface area contributed by atoms with E-state index in [0.29, 0.717) is 6.42 Å². The van der Waals surface area contributed by atoms with Crippen molar-refractivity contribution in [2.75, 3.05) is 39.5 Å². The van der Waals surface area contributed by atoms with Crippen molar-refractivity contribution in [2.45, 2.75) is 59.2 Å². The van der Waals surface area contributed by atoms with Gasteiger partial charge >= 0.3 is 5.97 Å². The summed E-state index contributed by atoms with van der Waals surface area (Å²) in [5.74, 6) is -2.07. The predicted octanol–water partition coefficient (Wildman–Crippen LogP) is 2.69. The van der Waals surface area contributed by atoms with Gasteiger partial charge in [-0.25, -0.2) is 9.78 Å². The minimum atomic E-state index is -1.01. The number of aliphatic hydroxyl groups excluding tert-OH is 1. The highest BCUT2D eigenvalue weighted by Crippen LogP contribution is 2.24. The monoisotopic (exact) mass is 613 g/mol. The highest BCUT2D eigenvalue weighted by molar-refractivity contribution is 6.00. The van der Waals surface area contributed by atoms with Crippen LogP contribution < -0.4 is 5.32 Å². The first-order chi connectivity index (χ1) is 21.0.